The van der Waals surface area contributed by atoms with Gasteiger partial charge < -0.3 is 15.5 Å². The highest BCUT2D eigenvalue weighted by Crippen LogP contribution is 2.30. The van der Waals surface area contributed by atoms with Gasteiger partial charge in [0.15, 0.2) is 11.7 Å². The third-order valence-corrected chi connectivity index (χ3v) is 6.54. The number of hydrogen-bond donors (Lipinski definition) is 2. The van der Waals surface area contributed by atoms with Crippen molar-refractivity contribution in [2.45, 2.75) is 25.8 Å². The largest absolute Gasteiger partial charge is 0.371 e. The Morgan fingerprint density at radius 2 is 1.91 bits per heavy atom. The number of rotatable bonds is 6. The monoisotopic (exact) mass is 467 g/mol. The Morgan fingerprint density at radius 1 is 1.14 bits per heavy atom. The number of hydrogen-bond acceptors (Lipinski definition) is 6. The van der Waals surface area contributed by atoms with Crippen LogP contribution in [0.2, 0.25) is 0 Å². The van der Waals surface area contributed by atoms with Crippen LogP contribution in [0.5, 0.6) is 0 Å². The highest BCUT2D eigenvalue weighted by molar-refractivity contribution is 6.09. The summed E-state index contributed by atoms with van der Waals surface area (Å²) in [7, 11) is 1.69. The number of nitrogens with zero attached hydrogens (tertiary/aromatic N) is 5. The molecule has 0 spiro atoms. The molecule has 35 heavy (non-hydrogen) atoms. The molecule has 0 radical (unpaired) electrons. The molecule has 8 heteroatoms. The zero-order valence-corrected chi connectivity index (χ0v) is 20.0. The highest BCUT2D eigenvalue weighted by Gasteiger charge is 2.23. The maximum atomic E-state index is 14.1. The second-order valence-corrected chi connectivity index (χ2v) is 8.68. The molecule has 2 N–H and O–H groups in total. The van der Waals surface area contributed by atoms with Crippen LogP contribution < -0.4 is 21.1 Å². The fourth-order valence-corrected chi connectivity index (χ4v) is 4.85. The second kappa shape index (κ2) is 9.58. The van der Waals surface area contributed by atoms with E-state index in [2.05, 4.69) is 49.4 Å². The van der Waals surface area contributed by atoms with Crippen LogP contribution in [0.4, 0.5) is 5.69 Å². The number of aromatic nitrogens is 1. The lowest BCUT2D eigenvalue weighted by Gasteiger charge is -2.24. The predicted molar refractivity (Wildman–Crippen MR) is 144 cm³/mol. The molecule has 2 aromatic carbocycles. The molecule has 0 bridgehead atoms. The van der Waals surface area contributed by atoms with Crippen molar-refractivity contribution in [3.05, 3.63) is 82.2 Å². The summed E-state index contributed by atoms with van der Waals surface area (Å²) in [4.78, 5) is 29.2. The molecule has 178 valence electrons. The summed E-state index contributed by atoms with van der Waals surface area (Å²) in [5, 5.41) is 8.08. The molecule has 3 aromatic rings. The van der Waals surface area contributed by atoms with E-state index in [4.69, 9.17) is 0 Å². The first-order valence-corrected chi connectivity index (χ1v) is 11.8. The Labute approximate surface area is 204 Å². The first kappa shape index (κ1) is 22.6. The lowest BCUT2D eigenvalue weighted by atomic mass is 10.1. The maximum absolute atomic E-state index is 14.1. The van der Waals surface area contributed by atoms with Gasteiger partial charge in [-0.25, -0.2) is 9.98 Å². The average molecular weight is 468 g/mol. The van der Waals surface area contributed by atoms with Crippen LogP contribution in [-0.2, 0) is 0 Å². The first-order valence-electron chi connectivity index (χ1n) is 11.8. The van der Waals surface area contributed by atoms with Crippen molar-refractivity contribution in [3.63, 3.8) is 0 Å². The minimum absolute atomic E-state index is 0.0306. The SMILES string of the molecule is C=N/C(N[C@@H](C)c1cc2cccc(N3CCCC3)c2c(=O)n1-c1ccccc1)=C1/N=CN/C1=N/C. The summed E-state index contributed by atoms with van der Waals surface area (Å²) in [5.41, 5.74) is 3.19. The van der Waals surface area contributed by atoms with Gasteiger partial charge in [0.05, 0.1) is 23.5 Å². The van der Waals surface area contributed by atoms with E-state index in [-0.39, 0.29) is 11.6 Å². The number of nitrogens with one attached hydrogen (secondary N) is 2. The van der Waals surface area contributed by atoms with E-state index < -0.39 is 0 Å². The molecule has 3 heterocycles. The number of fused-ring (bicyclic) bond motifs is 1. The van der Waals surface area contributed by atoms with E-state index in [1.165, 1.54) is 0 Å². The smallest absolute Gasteiger partial charge is 0.265 e. The number of para-hydroxylation sites is 1. The van der Waals surface area contributed by atoms with E-state index in [0.29, 0.717) is 17.4 Å². The number of amidine groups is 1. The predicted octanol–water partition coefficient (Wildman–Crippen LogP) is 3.77. The van der Waals surface area contributed by atoms with Crippen molar-refractivity contribution in [3.8, 4) is 5.69 Å². The number of anilines is 1. The topological polar surface area (TPSA) is 86.4 Å². The fourth-order valence-electron chi connectivity index (χ4n) is 4.85. The van der Waals surface area contributed by atoms with Gasteiger partial charge in [-0.2, -0.15) is 0 Å². The van der Waals surface area contributed by atoms with E-state index in [1.54, 1.807) is 18.0 Å². The van der Waals surface area contributed by atoms with Gasteiger partial charge in [-0.1, -0.05) is 30.3 Å². The molecule has 1 fully saturated rings. The van der Waals surface area contributed by atoms with Gasteiger partial charge in [0, 0.05) is 31.5 Å². The van der Waals surface area contributed by atoms with Crippen LogP contribution in [0, 0.1) is 0 Å². The van der Waals surface area contributed by atoms with Crippen LogP contribution in [0.1, 0.15) is 31.5 Å². The molecule has 5 rings (SSSR count). The van der Waals surface area contributed by atoms with Crippen LogP contribution in [-0.4, -0.2) is 43.6 Å². The molecule has 0 saturated carbocycles. The van der Waals surface area contributed by atoms with Gasteiger partial charge in [0.2, 0.25) is 0 Å². The second-order valence-electron chi connectivity index (χ2n) is 8.68. The van der Waals surface area contributed by atoms with Crippen molar-refractivity contribution < 1.29 is 0 Å². The van der Waals surface area contributed by atoms with E-state index in [1.807, 2.05) is 49.4 Å². The average Bonchev–Trinajstić information content (AvgIpc) is 3.59. The lowest BCUT2D eigenvalue weighted by Crippen LogP contribution is -2.30. The number of pyridine rings is 1. The van der Waals surface area contributed by atoms with Crippen LogP contribution in [0.25, 0.3) is 16.5 Å². The van der Waals surface area contributed by atoms with Gasteiger partial charge >= 0.3 is 0 Å². The third-order valence-electron chi connectivity index (χ3n) is 6.54. The molecule has 2 aliphatic rings. The van der Waals surface area contributed by atoms with E-state index in [9.17, 15) is 4.79 Å². The van der Waals surface area contributed by atoms with Gasteiger partial charge in [-0.15, -0.1) is 0 Å². The van der Waals surface area contributed by atoms with E-state index >= 15 is 0 Å². The van der Waals surface area contributed by atoms with Crippen LogP contribution >= 0.6 is 0 Å². The Morgan fingerprint density at radius 3 is 2.63 bits per heavy atom. The van der Waals surface area contributed by atoms with Crippen molar-refractivity contribution in [2.75, 3.05) is 25.0 Å². The maximum Gasteiger partial charge on any atom is 0.265 e. The van der Waals surface area contributed by atoms with Crippen molar-refractivity contribution >= 4 is 35.4 Å². The minimum Gasteiger partial charge on any atom is -0.371 e. The van der Waals surface area contributed by atoms with Gasteiger partial charge in [-0.3, -0.25) is 14.4 Å². The Bertz CT molecular complexity index is 1410. The first-order chi connectivity index (χ1) is 17.1. The van der Waals surface area contributed by atoms with Crippen molar-refractivity contribution in [2.24, 2.45) is 15.0 Å². The van der Waals surface area contributed by atoms with Crippen molar-refractivity contribution in [1.82, 2.24) is 15.2 Å². The van der Waals surface area contributed by atoms with Gasteiger partial charge in [-0.05, 0) is 56.1 Å². The third kappa shape index (κ3) is 4.12. The molecule has 1 saturated heterocycles. The summed E-state index contributed by atoms with van der Waals surface area (Å²) in [6, 6.07) is 17.7. The van der Waals surface area contributed by atoms with Crippen LogP contribution in [0.15, 0.2) is 85.9 Å². The van der Waals surface area contributed by atoms with Crippen LogP contribution in [0.3, 0.4) is 0 Å². The summed E-state index contributed by atoms with van der Waals surface area (Å²) in [6.45, 7) is 7.68. The van der Waals surface area contributed by atoms with Gasteiger partial charge in [0.25, 0.3) is 5.56 Å². The molecule has 0 aliphatic carbocycles. The normalized spacial score (nSPS) is 18.7. The number of aliphatic imine (C=N–C) groups is 3. The summed E-state index contributed by atoms with van der Waals surface area (Å²) in [6.07, 6.45) is 3.87. The van der Waals surface area contributed by atoms with Crippen molar-refractivity contribution in [1.29, 1.82) is 0 Å². The Kier molecular flexibility index (Phi) is 6.18. The standard InChI is InChI=1S/C27H29N7O/c1-18(32-26(29-3)24-25(28-2)31-17-30-24)22-16-19-10-9-13-21(33-14-7-8-15-33)23(19)27(35)34(22)20-11-5-4-6-12-20/h4-6,9-13,16-18,32H,3,7-8,14-15H2,1-2H3,(H,28,30,31)/b26-24-/t18-/m0/s1. The number of benzene rings is 2. The summed E-state index contributed by atoms with van der Waals surface area (Å²) in [5.74, 6) is 1.11. The molecule has 1 aromatic heterocycles. The van der Waals surface area contributed by atoms with E-state index in [0.717, 1.165) is 53.8 Å². The van der Waals surface area contributed by atoms with Gasteiger partial charge in [0.1, 0.15) is 5.70 Å². The lowest BCUT2D eigenvalue weighted by molar-refractivity contribution is 0.608. The molecule has 1 atom stereocenters. The molecule has 2 aliphatic heterocycles. The Hall–Kier alpha value is -4.20. The molecule has 0 amide bonds. The molecule has 8 nitrogen and oxygen atoms in total. The zero-order chi connectivity index (χ0) is 24.4. The molecule has 0 unspecified atom stereocenters. The zero-order valence-electron chi connectivity index (χ0n) is 20.0. The molecular formula is C27H29N7O. The summed E-state index contributed by atoms with van der Waals surface area (Å²) < 4.78 is 1.80. The summed E-state index contributed by atoms with van der Waals surface area (Å²) >= 11 is 0. The highest BCUT2D eigenvalue weighted by atomic mass is 16.1. The quantitative estimate of drug-likeness (QED) is 0.541. The minimum atomic E-state index is -0.273. The molecular weight excluding hydrogens is 438 g/mol. The fraction of sp³-hybridized carbons (Fsp3) is 0.259. The Balaban J connectivity index is 1.69.